The van der Waals surface area contributed by atoms with E-state index in [2.05, 4.69) is 34.9 Å². The molecule has 4 aliphatic carbocycles. The quantitative estimate of drug-likeness (QED) is 0.141. The molecule has 4 aliphatic rings. The third kappa shape index (κ3) is 7.16. The molecule has 7 rings (SSSR count). The van der Waals surface area contributed by atoms with E-state index in [1.165, 1.54) is 50.5 Å². The van der Waals surface area contributed by atoms with Gasteiger partial charge in [-0.25, -0.2) is 0 Å². The number of hydrogen-bond acceptors (Lipinski definition) is 5. The molecule has 0 aliphatic heterocycles. The van der Waals surface area contributed by atoms with Gasteiger partial charge >= 0.3 is 0 Å². The predicted molar refractivity (Wildman–Crippen MR) is 166 cm³/mol. The Morgan fingerprint density at radius 2 is 1.62 bits per heavy atom. The van der Waals surface area contributed by atoms with Crippen molar-refractivity contribution in [1.29, 1.82) is 0 Å². The summed E-state index contributed by atoms with van der Waals surface area (Å²) in [5.74, 6) is 4.48. The molecule has 0 radical (unpaired) electrons. The molecule has 0 saturated heterocycles. The first-order valence-corrected chi connectivity index (χ1v) is 15.7. The molecule has 3 aromatic carbocycles. The van der Waals surface area contributed by atoms with Crippen molar-refractivity contribution in [3.8, 4) is 11.5 Å². The lowest BCUT2D eigenvalue weighted by Gasteiger charge is -2.57. The molecule has 4 fully saturated rings. The second-order valence-electron chi connectivity index (χ2n) is 12.9. The van der Waals surface area contributed by atoms with Gasteiger partial charge in [-0.2, -0.15) is 0 Å². The van der Waals surface area contributed by atoms with Crippen molar-refractivity contribution in [2.45, 2.75) is 64.1 Å². The van der Waals surface area contributed by atoms with E-state index in [-0.39, 0.29) is 0 Å². The summed E-state index contributed by atoms with van der Waals surface area (Å²) in [5, 5.41) is 16.9. The lowest BCUT2D eigenvalue weighted by molar-refractivity contribution is -0.105. The summed E-state index contributed by atoms with van der Waals surface area (Å²) in [5.41, 5.74) is 4.07. The summed E-state index contributed by atoms with van der Waals surface area (Å²) in [7, 11) is 0. The minimum Gasteiger partial charge on any atom is -0.494 e. The number of ether oxygens (including phenoxy) is 2. The first-order chi connectivity index (χ1) is 20.6. The number of anilines is 1. The topological polar surface area (TPSA) is 79.8 Å². The summed E-state index contributed by atoms with van der Waals surface area (Å²) in [6.45, 7) is 2.36. The van der Waals surface area contributed by atoms with E-state index in [0.29, 0.717) is 42.0 Å². The lowest BCUT2D eigenvalue weighted by atomic mass is 9.49. The Bertz CT molecular complexity index is 1290. The molecule has 1 atom stereocenters. The van der Waals surface area contributed by atoms with Crippen LogP contribution in [0.4, 0.5) is 5.69 Å². The Hall–Kier alpha value is -3.35. The number of rotatable bonds is 15. The summed E-state index contributed by atoms with van der Waals surface area (Å²) in [4.78, 5) is 11.2. The number of amides is 1. The molecule has 222 valence electrons. The first kappa shape index (κ1) is 28.8. The highest BCUT2D eigenvalue weighted by Gasteiger charge is 2.50. The number of carbonyl (C=O) groups is 1. The third-order valence-electron chi connectivity index (χ3n) is 9.73. The summed E-state index contributed by atoms with van der Waals surface area (Å²) in [6.07, 6.45) is 10.7. The van der Waals surface area contributed by atoms with Gasteiger partial charge in [-0.1, -0.05) is 48.5 Å². The van der Waals surface area contributed by atoms with E-state index in [1.807, 2.05) is 36.4 Å². The van der Waals surface area contributed by atoms with Gasteiger partial charge in [-0.05, 0) is 122 Å². The Morgan fingerprint density at radius 1 is 0.881 bits per heavy atom. The van der Waals surface area contributed by atoms with Gasteiger partial charge in [-0.15, -0.1) is 0 Å². The first-order valence-electron chi connectivity index (χ1n) is 15.7. The molecule has 6 nitrogen and oxygen atoms in total. The normalized spacial score (nSPS) is 24.7. The van der Waals surface area contributed by atoms with E-state index < -0.39 is 6.10 Å². The zero-order valence-corrected chi connectivity index (χ0v) is 24.5. The van der Waals surface area contributed by atoms with Crippen LogP contribution >= 0.6 is 0 Å². The molecule has 0 heterocycles. The van der Waals surface area contributed by atoms with Gasteiger partial charge in [-0.3, -0.25) is 4.79 Å². The number of aliphatic hydroxyl groups excluding tert-OH is 1. The van der Waals surface area contributed by atoms with Crippen LogP contribution in [0.1, 0.15) is 67.7 Å². The molecule has 42 heavy (non-hydrogen) atoms. The van der Waals surface area contributed by atoms with E-state index >= 15 is 0 Å². The summed E-state index contributed by atoms with van der Waals surface area (Å²) >= 11 is 0. The van der Waals surface area contributed by atoms with Crippen LogP contribution in [0, 0.1) is 23.2 Å². The summed E-state index contributed by atoms with van der Waals surface area (Å²) in [6, 6.07) is 23.7. The highest BCUT2D eigenvalue weighted by molar-refractivity contribution is 5.76. The number of aliphatic hydroxyl groups is 1. The monoisotopic (exact) mass is 568 g/mol. The van der Waals surface area contributed by atoms with Gasteiger partial charge in [0.2, 0.25) is 6.41 Å². The number of nitrogens with one attached hydrogen (secondary N) is 2. The van der Waals surface area contributed by atoms with Crippen LogP contribution in [-0.2, 0) is 17.8 Å². The van der Waals surface area contributed by atoms with Crippen molar-refractivity contribution in [2.24, 2.45) is 23.2 Å². The average molecular weight is 569 g/mol. The predicted octanol–water partition coefficient (Wildman–Crippen LogP) is 6.68. The molecule has 4 saturated carbocycles. The van der Waals surface area contributed by atoms with Crippen LogP contribution in [-0.4, -0.2) is 31.2 Å². The van der Waals surface area contributed by atoms with Gasteiger partial charge in [0.1, 0.15) is 18.1 Å². The fraction of sp³-hybridized carbons (Fsp3) is 0.472. The van der Waals surface area contributed by atoms with Crippen LogP contribution < -0.4 is 20.1 Å². The highest BCUT2D eigenvalue weighted by Crippen LogP contribution is 2.61. The summed E-state index contributed by atoms with van der Waals surface area (Å²) < 4.78 is 12.2. The zero-order chi connectivity index (χ0) is 28.8. The maximum Gasteiger partial charge on any atom is 0.211 e. The average Bonchev–Trinajstić information content (AvgIpc) is 2.99. The maximum absolute atomic E-state index is 11.2. The minimum atomic E-state index is -0.709. The lowest BCUT2D eigenvalue weighted by Crippen LogP contribution is -2.46. The second kappa shape index (κ2) is 13.3. The SMILES string of the molecule is O=CNc1cc([C@@H](O)CNCCc2cccc(OCCC34CC5CC(CC(C5)C3)C4)c2)ccc1OCc1ccccc1. The Balaban J connectivity index is 0.943. The smallest absolute Gasteiger partial charge is 0.211 e. The van der Waals surface area contributed by atoms with E-state index in [1.54, 1.807) is 12.1 Å². The molecular formula is C36H44N2O4. The Morgan fingerprint density at radius 3 is 2.36 bits per heavy atom. The van der Waals surface area contributed by atoms with Crippen molar-refractivity contribution in [1.82, 2.24) is 5.32 Å². The van der Waals surface area contributed by atoms with Crippen molar-refractivity contribution < 1.29 is 19.4 Å². The zero-order valence-electron chi connectivity index (χ0n) is 24.5. The van der Waals surface area contributed by atoms with Crippen molar-refractivity contribution in [2.75, 3.05) is 25.0 Å². The molecule has 4 bridgehead atoms. The van der Waals surface area contributed by atoms with Crippen LogP contribution in [0.5, 0.6) is 11.5 Å². The Labute approximate surface area is 249 Å². The molecule has 3 aromatic rings. The van der Waals surface area contributed by atoms with E-state index in [0.717, 1.165) is 48.6 Å². The highest BCUT2D eigenvalue weighted by atomic mass is 16.5. The molecule has 0 aromatic heterocycles. The number of hydrogen-bond donors (Lipinski definition) is 3. The molecule has 0 unspecified atom stereocenters. The molecule has 6 heteroatoms. The molecular weight excluding hydrogens is 524 g/mol. The second-order valence-corrected chi connectivity index (χ2v) is 12.9. The molecule has 0 spiro atoms. The fourth-order valence-corrected chi connectivity index (χ4v) is 8.15. The molecule has 3 N–H and O–H groups in total. The van der Waals surface area contributed by atoms with Crippen molar-refractivity contribution >= 4 is 12.1 Å². The van der Waals surface area contributed by atoms with Crippen LogP contribution in [0.15, 0.2) is 72.8 Å². The largest absolute Gasteiger partial charge is 0.494 e. The maximum atomic E-state index is 11.2. The molecule has 1 amide bonds. The number of carbonyl (C=O) groups excluding carboxylic acids is 1. The third-order valence-corrected chi connectivity index (χ3v) is 9.73. The van der Waals surface area contributed by atoms with Gasteiger partial charge in [0.05, 0.1) is 18.4 Å². The van der Waals surface area contributed by atoms with Gasteiger partial charge < -0.3 is 25.2 Å². The number of benzene rings is 3. The van der Waals surface area contributed by atoms with E-state index in [9.17, 15) is 9.90 Å². The van der Waals surface area contributed by atoms with Gasteiger partial charge in [0.25, 0.3) is 0 Å². The van der Waals surface area contributed by atoms with Crippen LogP contribution in [0.3, 0.4) is 0 Å². The van der Waals surface area contributed by atoms with Crippen LogP contribution in [0.25, 0.3) is 0 Å². The standard InChI is InChI=1S/C36H44N2O4/c39-25-38-33-19-31(9-10-35(33)42-24-27-5-2-1-3-6-27)34(40)23-37-13-11-26-7-4-8-32(18-26)41-14-12-36-20-28-15-29(21-36)17-30(16-28)22-36/h1-10,18-19,25,28-30,34,37,40H,11-17,20-24H2,(H,38,39)/t28?,29?,30?,34-,36?/m0/s1. The van der Waals surface area contributed by atoms with Crippen molar-refractivity contribution in [3.05, 3.63) is 89.5 Å². The Kier molecular flexibility index (Phi) is 9.11. The van der Waals surface area contributed by atoms with E-state index in [4.69, 9.17) is 9.47 Å². The van der Waals surface area contributed by atoms with Crippen molar-refractivity contribution in [3.63, 3.8) is 0 Å². The van der Waals surface area contributed by atoms with Crippen LogP contribution in [0.2, 0.25) is 0 Å². The van der Waals surface area contributed by atoms with Gasteiger partial charge in [0, 0.05) is 6.54 Å². The van der Waals surface area contributed by atoms with Gasteiger partial charge in [0.15, 0.2) is 0 Å². The fourth-order valence-electron chi connectivity index (χ4n) is 8.15. The minimum absolute atomic E-state index is 0.395.